The molecule has 0 aliphatic carbocycles. The van der Waals surface area contributed by atoms with Gasteiger partial charge in [-0.15, -0.1) is 11.6 Å². The molecule has 0 fully saturated rings. The van der Waals surface area contributed by atoms with Gasteiger partial charge in [0, 0.05) is 11.2 Å². The van der Waals surface area contributed by atoms with Gasteiger partial charge >= 0.3 is 0 Å². The van der Waals surface area contributed by atoms with Crippen LogP contribution in [0.5, 0.6) is 11.6 Å². The summed E-state index contributed by atoms with van der Waals surface area (Å²) in [4.78, 5) is 4.45. The van der Waals surface area contributed by atoms with Gasteiger partial charge < -0.3 is 4.74 Å². The molecule has 102 valence electrons. The van der Waals surface area contributed by atoms with Crippen molar-refractivity contribution in [2.45, 2.75) is 12.8 Å². The van der Waals surface area contributed by atoms with Crippen LogP contribution in [0.1, 0.15) is 11.3 Å². The number of alkyl halides is 1. The fraction of sp³-hybridized carbons (Fsp3) is 0.133. The number of aryl methyl sites for hydroxylation is 1. The number of pyridine rings is 1. The SMILES string of the molecule is Cc1cc(Oc2nc3ccccn3c2CCl)ccc1Cl. The van der Waals surface area contributed by atoms with Crippen molar-refractivity contribution in [3.05, 3.63) is 58.9 Å². The summed E-state index contributed by atoms with van der Waals surface area (Å²) in [5.74, 6) is 1.54. The summed E-state index contributed by atoms with van der Waals surface area (Å²) in [7, 11) is 0. The van der Waals surface area contributed by atoms with Gasteiger partial charge in [0.2, 0.25) is 5.88 Å². The van der Waals surface area contributed by atoms with Crippen LogP contribution >= 0.6 is 23.2 Å². The number of ether oxygens (including phenoxy) is 1. The van der Waals surface area contributed by atoms with Gasteiger partial charge in [0.1, 0.15) is 17.1 Å². The molecule has 0 amide bonds. The number of hydrogen-bond donors (Lipinski definition) is 0. The van der Waals surface area contributed by atoms with E-state index in [4.69, 9.17) is 27.9 Å². The number of fused-ring (bicyclic) bond motifs is 1. The van der Waals surface area contributed by atoms with Crippen LogP contribution in [0, 0.1) is 6.92 Å². The number of benzene rings is 1. The second-order valence-corrected chi connectivity index (χ2v) is 5.11. The van der Waals surface area contributed by atoms with Gasteiger partial charge in [-0.25, -0.2) is 0 Å². The summed E-state index contributed by atoms with van der Waals surface area (Å²) in [6.07, 6.45) is 1.92. The summed E-state index contributed by atoms with van der Waals surface area (Å²) in [5.41, 5.74) is 2.60. The minimum Gasteiger partial charge on any atom is -0.437 e. The van der Waals surface area contributed by atoms with E-state index < -0.39 is 0 Å². The Morgan fingerprint density at radius 3 is 2.85 bits per heavy atom. The van der Waals surface area contributed by atoms with Crippen molar-refractivity contribution in [3.8, 4) is 11.6 Å². The molecule has 3 aromatic rings. The number of aromatic nitrogens is 2. The zero-order valence-electron chi connectivity index (χ0n) is 10.8. The molecule has 20 heavy (non-hydrogen) atoms. The van der Waals surface area contributed by atoms with Crippen molar-refractivity contribution in [3.63, 3.8) is 0 Å². The minimum absolute atomic E-state index is 0.326. The van der Waals surface area contributed by atoms with Crippen LogP contribution < -0.4 is 4.74 Å². The van der Waals surface area contributed by atoms with E-state index in [2.05, 4.69) is 4.98 Å². The maximum atomic E-state index is 6.01. The molecule has 0 N–H and O–H groups in total. The predicted molar refractivity (Wildman–Crippen MR) is 81.0 cm³/mol. The van der Waals surface area contributed by atoms with Crippen molar-refractivity contribution in [2.24, 2.45) is 0 Å². The third-order valence-corrected chi connectivity index (χ3v) is 3.74. The van der Waals surface area contributed by atoms with E-state index in [1.807, 2.05) is 53.9 Å². The van der Waals surface area contributed by atoms with E-state index in [-0.39, 0.29) is 0 Å². The lowest BCUT2D eigenvalue weighted by Crippen LogP contribution is -1.92. The van der Waals surface area contributed by atoms with Crippen LogP contribution in [-0.2, 0) is 5.88 Å². The molecule has 0 bridgehead atoms. The molecule has 0 aliphatic heterocycles. The normalized spacial score (nSPS) is 10.9. The molecule has 5 heteroatoms. The third kappa shape index (κ3) is 2.35. The van der Waals surface area contributed by atoms with Crippen LogP contribution in [0.3, 0.4) is 0 Å². The Morgan fingerprint density at radius 1 is 1.25 bits per heavy atom. The molecule has 0 unspecified atom stereocenters. The first-order valence-corrected chi connectivity index (χ1v) is 7.06. The fourth-order valence-electron chi connectivity index (χ4n) is 2.02. The fourth-order valence-corrected chi connectivity index (χ4v) is 2.38. The van der Waals surface area contributed by atoms with E-state index in [0.29, 0.717) is 22.5 Å². The molecule has 0 saturated heterocycles. The third-order valence-electron chi connectivity index (χ3n) is 3.06. The number of halogens is 2. The topological polar surface area (TPSA) is 26.5 Å². The van der Waals surface area contributed by atoms with Crippen molar-refractivity contribution < 1.29 is 4.74 Å². The number of hydrogen-bond acceptors (Lipinski definition) is 2. The van der Waals surface area contributed by atoms with Gasteiger partial charge in [0.15, 0.2) is 0 Å². The highest BCUT2D eigenvalue weighted by molar-refractivity contribution is 6.31. The number of imidazole rings is 1. The van der Waals surface area contributed by atoms with E-state index in [1.54, 1.807) is 0 Å². The summed E-state index contributed by atoms with van der Waals surface area (Å²) < 4.78 is 7.77. The first-order valence-electron chi connectivity index (χ1n) is 6.15. The molecule has 3 nitrogen and oxygen atoms in total. The van der Waals surface area contributed by atoms with Gasteiger partial charge in [-0.05, 0) is 42.8 Å². The van der Waals surface area contributed by atoms with Crippen LogP contribution in [-0.4, -0.2) is 9.38 Å². The monoisotopic (exact) mass is 306 g/mol. The summed E-state index contributed by atoms with van der Waals surface area (Å²) in [6.45, 7) is 1.93. The smallest absolute Gasteiger partial charge is 0.242 e. The van der Waals surface area contributed by atoms with Crippen molar-refractivity contribution in [1.29, 1.82) is 0 Å². The van der Waals surface area contributed by atoms with Crippen molar-refractivity contribution in [2.75, 3.05) is 0 Å². The molecule has 2 aromatic heterocycles. The average molecular weight is 307 g/mol. The molecule has 0 spiro atoms. The van der Waals surface area contributed by atoms with E-state index in [0.717, 1.165) is 16.9 Å². The van der Waals surface area contributed by atoms with E-state index in [9.17, 15) is 0 Å². The van der Waals surface area contributed by atoms with Gasteiger partial charge in [0.05, 0.1) is 5.88 Å². The van der Waals surface area contributed by atoms with Gasteiger partial charge in [-0.1, -0.05) is 17.7 Å². The molecular weight excluding hydrogens is 295 g/mol. The minimum atomic E-state index is 0.326. The highest BCUT2D eigenvalue weighted by atomic mass is 35.5. The van der Waals surface area contributed by atoms with E-state index in [1.165, 1.54) is 0 Å². The molecule has 0 saturated carbocycles. The largest absolute Gasteiger partial charge is 0.437 e. The molecule has 2 heterocycles. The van der Waals surface area contributed by atoms with Crippen molar-refractivity contribution in [1.82, 2.24) is 9.38 Å². The second-order valence-electron chi connectivity index (χ2n) is 4.44. The highest BCUT2D eigenvalue weighted by Gasteiger charge is 2.13. The molecule has 1 aromatic carbocycles. The molecule has 3 rings (SSSR count). The lowest BCUT2D eigenvalue weighted by Gasteiger charge is -2.06. The zero-order valence-corrected chi connectivity index (χ0v) is 12.3. The summed E-state index contributed by atoms with van der Waals surface area (Å²) in [6, 6.07) is 11.3. The Labute approximate surface area is 126 Å². The Kier molecular flexibility index (Phi) is 3.55. The summed E-state index contributed by atoms with van der Waals surface area (Å²) in [5, 5.41) is 0.713. The highest BCUT2D eigenvalue weighted by Crippen LogP contribution is 2.29. The average Bonchev–Trinajstić information content (AvgIpc) is 2.80. The second kappa shape index (κ2) is 5.35. The van der Waals surface area contributed by atoms with Crippen LogP contribution in [0.2, 0.25) is 5.02 Å². The lowest BCUT2D eigenvalue weighted by atomic mass is 10.2. The lowest BCUT2D eigenvalue weighted by molar-refractivity contribution is 0.461. The van der Waals surface area contributed by atoms with Crippen molar-refractivity contribution >= 4 is 28.8 Å². The number of nitrogens with zero attached hydrogens (tertiary/aromatic N) is 2. The molecular formula is C15H12Cl2N2O. The van der Waals surface area contributed by atoms with Gasteiger partial charge in [-0.3, -0.25) is 4.40 Å². The first kappa shape index (κ1) is 13.3. The maximum Gasteiger partial charge on any atom is 0.242 e. The Balaban J connectivity index is 2.03. The van der Waals surface area contributed by atoms with Gasteiger partial charge in [0.25, 0.3) is 0 Å². The molecule has 0 radical (unpaired) electrons. The van der Waals surface area contributed by atoms with Crippen LogP contribution in [0.15, 0.2) is 42.6 Å². The standard InChI is InChI=1S/C15H12Cl2N2O/c1-10-8-11(5-6-12(10)17)20-15-13(9-16)19-7-3-2-4-14(19)18-15/h2-8H,9H2,1H3. The van der Waals surface area contributed by atoms with Crippen LogP contribution in [0.4, 0.5) is 0 Å². The Hall–Kier alpha value is -1.71. The summed E-state index contributed by atoms with van der Waals surface area (Å²) >= 11 is 12.0. The first-order chi connectivity index (χ1) is 9.69. The van der Waals surface area contributed by atoms with E-state index >= 15 is 0 Å². The number of rotatable bonds is 3. The maximum absolute atomic E-state index is 6.01. The Morgan fingerprint density at radius 2 is 2.10 bits per heavy atom. The Bertz CT molecular complexity index is 768. The molecule has 0 aliphatic rings. The van der Waals surface area contributed by atoms with Gasteiger partial charge in [-0.2, -0.15) is 4.98 Å². The predicted octanol–water partition coefficient (Wildman–Crippen LogP) is 4.83. The molecule has 0 atom stereocenters. The zero-order chi connectivity index (χ0) is 14.1. The van der Waals surface area contributed by atoms with Crippen LogP contribution in [0.25, 0.3) is 5.65 Å². The quantitative estimate of drug-likeness (QED) is 0.648.